The molecule has 1 atom stereocenters. The summed E-state index contributed by atoms with van der Waals surface area (Å²) in [6.45, 7) is 0. The molecule has 0 radical (unpaired) electrons. The average Bonchev–Trinajstić information content (AvgIpc) is 2.63. The summed E-state index contributed by atoms with van der Waals surface area (Å²) < 4.78 is 34.1. The van der Waals surface area contributed by atoms with Gasteiger partial charge in [-0.25, -0.2) is 0 Å². The number of hydrogen-bond donors (Lipinski definition) is 3. The van der Waals surface area contributed by atoms with Crippen molar-refractivity contribution in [1.82, 2.24) is 0 Å². The zero-order valence-corrected chi connectivity index (χ0v) is 18.1. The molecule has 29 heavy (non-hydrogen) atoms. The smallest absolute Gasteiger partial charge is 0.283 e. The Bertz CT molecular complexity index is 1210. The van der Waals surface area contributed by atoms with Crippen LogP contribution in [0.4, 0.5) is 0 Å². The first-order chi connectivity index (χ1) is 13.5. The summed E-state index contributed by atoms with van der Waals surface area (Å²) in [5, 5.41) is 19.3. The number of rotatable bonds is 4. The van der Waals surface area contributed by atoms with Crippen LogP contribution in [0.3, 0.4) is 0 Å². The summed E-state index contributed by atoms with van der Waals surface area (Å²) >= 11 is 24.8. The zero-order chi connectivity index (χ0) is 21.6. The van der Waals surface area contributed by atoms with E-state index in [-0.39, 0.29) is 48.3 Å². The third-order valence-electron chi connectivity index (χ3n) is 4.39. The number of phenols is 2. The molecule has 5 nitrogen and oxygen atoms in total. The van der Waals surface area contributed by atoms with Gasteiger partial charge in [0.25, 0.3) is 10.1 Å². The van der Waals surface area contributed by atoms with Gasteiger partial charge in [-0.05, 0) is 47.5 Å². The fourth-order valence-corrected chi connectivity index (χ4v) is 5.61. The molecule has 3 aromatic rings. The molecule has 10 heteroatoms. The Kier molecular flexibility index (Phi) is 5.98. The van der Waals surface area contributed by atoms with Crippen LogP contribution >= 0.6 is 46.4 Å². The molecular weight excluding hydrogens is 482 g/mol. The monoisotopic (exact) mass is 492 g/mol. The van der Waals surface area contributed by atoms with Crippen LogP contribution in [-0.4, -0.2) is 23.2 Å². The van der Waals surface area contributed by atoms with E-state index in [2.05, 4.69) is 0 Å². The first-order valence-electron chi connectivity index (χ1n) is 7.89. The minimum Gasteiger partial charge on any atom is -0.508 e. The summed E-state index contributed by atoms with van der Waals surface area (Å²) in [7, 11) is -5.07. The van der Waals surface area contributed by atoms with Crippen molar-refractivity contribution in [1.29, 1.82) is 0 Å². The van der Waals surface area contributed by atoms with E-state index in [1.165, 1.54) is 36.4 Å². The van der Waals surface area contributed by atoms with Crippen molar-refractivity contribution < 1.29 is 23.2 Å². The van der Waals surface area contributed by atoms with Crippen molar-refractivity contribution in [2.24, 2.45) is 0 Å². The number of aromatic hydroxyl groups is 2. The first kappa shape index (κ1) is 22.0. The Morgan fingerprint density at radius 2 is 1.38 bits per heavy atom. The van der Waals surface area contributed by atoms with E-state index >= 15 is 0 Å². The summed E-state index contributed by atoms with van der Waals surface area (Å²) in [4.78, 5) is 0. The van der Waals surface area contributed by atoms with Gasteiger partial charge in [-0.1, -0.05) is 64.6 Å². The quantitative estimate of drug-likeness (QED) is 0.239. The van der Waals surface area contributed by atoms with Crippen LogP contribution in [0.5, 0.6) is 11.5 Å². The van der Waals surface area contributed by atoms with Gasteiger partial charge >= 0.3 is 0 Å². The van der Waals surface area contributed by atoms with Gasteiger partial charge in [-0.2, -0.15) is 8.42 Å². The Morgan fingerprint density at radius 1 is 0.759 bits per heavy atom. The Balaban J connectivity index is 2.63. The molecule has 0 saturated heterocycles. The van der Waals surface area contributed by atoms with Gasteiger partial charge in [0.1, 0.15) is 11.5 Å². The maximum atomic E-state index is 13.0. The van der Waals surface area contributed by atoms with Gasteiger partial charge in [0.2, 0.25) is 0 Å². The molecule has 0 aromatic heterocycles. The molecule has 0 spiro atoms. The standard InChI is InChI=1S/C19H12Cl4O5S/c20-13-5-6-14(21)18(23)17(13)19(29(26,27)28,10-2-1-3-12(24)8-10)11-4-7-16(25)15(22)9-11/h1-9,24-25H,(H,26,27,28). The first-order valence-corrected chi connectivity index (χ1v) is 10.8. The molecular formula is C19H12Cl4O5S. The Morgan fingerprint density at radius 3 is 1.97 bits per heavy atom. The third kappa shape index (κ3) is 3.65. The van der Waals surface area contributed by atoms with Gasteiger partial charge in [0.05, 0.1) is 15.1 Å². The molecule has 3 N–H and O–H groups in total. The lowest BCUT2D eigenvalue weighted by atomic mass is 9.83. The molecule has 152 valence electrons. The van der Waals surface area contributed by atoms with Crippen molar-refractivity contribution in [3.63, 3.8) is 0 Å². The predicted octanol–water partition coefficient (Wildman–Crippen LogP) is 5.89. The minimum absolute atomic E-state index is 0.0101. The predicted molar refractivity (Wildman–Crippen MR) is 114 cm³/mol. The average molecular weight is 494 g/mol. The summed E-state index contributed by atoms with van der Waals surface area (Å²) in [6.07, 6.45) is 0. The lowest BCUT2D eigenvalue weighted by Gasteiger charge is -2.34. The zero-order valence-electron chi connectivity index (χ0n) is 14.3. The van der Waals surface area contributed by atoms with E-state index in [0.29, 0.717) is 0 Å². The van der Waals surface area contributed by atoms with E-state index in [1.807, 2.05) is 0 Å². The molecule has 1 unspecified atom stereocenters. The largest absolute Gasteiger partial charge is 0.508 e. The summed E-state index contributed by atoms with van der Waals surface area (Å²) in [6, 6.07) is 11.5. The fourth-order valence-electron chi connectivity index (χ4n) is 3.18. The van der Waals surface area contributed by atoms with Crippen LogP contribution in [0, 0.1) is 0 Å². The van der Waals surface area contributed by atoms with Gasteiger partial charge in [0.15, 0.2) is 4.75 Å². The molecule has 3 rings (SSSR count). The van der Waals surface area contributed by atoms with Crippen molar-refractivity contribution in [2.75, 3.05) is 0 Å². The SMILES string of the molecule is O=S(=O)(O)C(c1cccc(O)c1)(c1ccc(O)c(Cl)c1)c1c(Cl)ccc(Cl)c1Cl. The molecule has 0 aliphatic rings. The van der Waals surface area contributed by atoms with Crippen molar-refractivity contribution in [2.45, 2.75) is 4.75 Å². The van der Waals surface area contributed by atoms with Crippen LogP contribution in [0.1, 0.15) is 16.7 Å². The lowest BCUT2D eigenvalue weighted by Crippen LogP contribution is -2.39. The third-order valence-corrected chi connectivity index (χ3v) is 7.26. The van der Waals surface area contributed by atoms with Gasteiger partial charge < -0.3 is 10.2 Å². The molecule has 0 saturated carbocycles. The van der Waals surface area contributed by atoms with E-state index in [4.69, 9.17) is 46.4 Å². The maximum absolute atomic E-state index is 13.0. The summed E-state index contributed by atoms with van der Waals surface area (Å²) in [5.41, 5.74) is -0.393. The van der Waals surface area contributed by atoms with Gasteiger partial charge in [-0.15, -0.1) is 0 Å². The number of benzene rings is 3. The topological polar surface area (TPSA) is 94.8 Å². The number of hydrogen-bond acceptors (Lipinski definition) is 4. The van der Waals surface area contributed by atoms with E-state index in [9.17, 15) is 23.2 Å². The highest BCUT2D eigenvalue weighted by molar-refractivity contribution is 7.87. The van der Waals surface area contributed by atoms with Crippen molar-refractivity contribution in [3.05, 3.63) is 91.4 Å². The van der Waals surface area contributed by atoms with E-state index in [0.717, 1.165) is 18.2 Å². The number of phenolic OH excluding ortho intramolecular Hbond substituents is 2. The number of halogens is 4. The molecule has 0 fully saturated rings. The molecule has 0 aliphatic heterocycles. The fraction of sp³-hybridized carbons (Fsp3) is 0.0526. The Hall–Kier alpha value is -1.67. The van der Waals surface area contributed by atoms with Crippen molar-refractivity contribution in [3.8, 4) is 11.5 Å². The highest BCUT2D eigenvalue weighted by atomic mass is 35.5. The van der Waals surface area contributed by atoms with Crippen LogP contribution in [-0.2, 0) is 14.9 Å². The molecule has 0 aliphatic carbocycles. The molecule has 0 bridgehead atoms. The van der Waals surface area contributed by atoms with E-state index in [1.54, 1.807) is 0 Å². The highest BCUT2D eigenvalue weighted by Gasteiger charge is 2.51. The van der Waals surface area contributed by atoms with Crippen LogP contribution < -0.4 is 0 Å². The second-order valence-corrected chi connectivity index (χ2v) is 9.25. The van der Waals surface area contributed by atoms with Gasteiger partial charge in [-0.3, -0.25) is 4.55 Å². The van der Waals surface area contributed by atoms with Crippen molar-refractivity contribution >= 4 is 56.5 Å². The van der Waals surface area contributed by atoms with Crippen LogP contribution in [0.25, 0.3) is 0 Å². The summed E-state index contributed by atoms with van der Waals surface area (Å²) in [5.74, 6) is -0.575. The normalized spacial score (nSPS) is 13.8. The van der Waals surface area contributed by atoms with Gasteiger partial charge in [0, 0.05) is 10.6 Å². The van der Waals surface area contributed by atoms with Crippen LogP contribution in [0.15, 0.2) is 54.6 Å². The highest BCUT2D eigenvalue weighted by Crippen LogP contribution is 2.51. The lowest BCUT2D eigenvalue weighted by molar-refractivity contribution is 0.455. The molecule has 3 aromatic carbocycles. The molecule has 0 amide bonds. The van der Waals surface area contributed by atoms with Crippen LogP contribution in [0.2, 0.25) is 20.1 Å². The second kappa shape index (κ2) is 7.87. The van der Waals surface area contributed by atoms with E-state index < -0.39 is 14.9 Å². The minimum atomic E-state index is -5.07. The maximum Gasteiger partial charge on any atom is 0.283 e. The molecule has 0 heterocycles. The second-order valence-electron chi connectivity index (χ2n) is 6.09. The Labute approximate surface area is 186 Å².